The van der Waals surface area contributed by atoms with E-state index in [2.05, 4.69) is 70.1 Å². The Labute approximate surface area is 145 Å². The van der Waals surface area contributed by atoms with E-state index in [-0.39, 0.29) is 0 Å². The Hall–Kier alpha value is -2.42. The Morgan fingerprint density at radius 2 is 0.792 bits per heavy atom. The van der Waals surface area contributed by atoms with Crippen LogP contribution in [-0.4, -0.2) is 21.0 Å². The van der Waals surface area contributed by atoms with Crippen molar-refractivity contribution in [3.63, 3.8) is 0 Å². The van der Waals surface area contributed by atoms with E-state index in [1.165, 1.54) is 11.1 Å². The first-order valence-corrected chi connectivity index (χ1v) is 7.92. The van der Waals surface area contributed by atoms with Crippen molar-refractivity contribution in [1.29, 1.82) is 0 Å². The summed E-state index contributed by atoms with van der Waals surface area (Å²) >= 11 is 0. The van der Waals surface area contributed by atoms with Crippen molar-refractivity contribution >= 4 is 0 Å². The number of hydrogen-bond donors (Lipinski definition) is 0. The van der Waals surface area contributed by atoms with Gasteiger partial charge < -0.3 is 9.47 Å². The summed E-state index contributed by atoms with van der Waals surface area (Å²) in [5.74, 6) is 0. The van der Waals surface area contributed by atoms with Crippen LogP contribution in [-0.2, 0) is 15.9 Å². The molecule has 3 aromatic rings. The monoisotopic (exact) mass is 322 g/mol. The first-order valence-electron chi connectivity index (χ1n) is 7.92. The molecule has 2 nitrogen and oxygen atoms in total. The topological polar surface area (TPSA) is 18.5 Å². The van der Waals surface area contributed by atoms with Crippen LogP contribution >= 0.6 is 0 Å². The lowest BCUT2D eigenvalue weighted by atomic mass is 10.1. The minimum atomic E-state index is 0.389. The molecule has 0 fully saturated rings. The maximum atomic E-state index is 4.47. The molecule has 0 aliphatic heterocycles. The van der Waals surface area contributed by atoms with Crippen LogP contribution in [0.25, 0.3) is 0 Å². The van der Waals surface area contributed by atoms with Crippen molar-refractivity contribution in [2.24, 2.45) is 0 Å². The lowest BCUT2D eigenvalue weighted by Gasteiger charge is -2.00. The third-order valence-electron chi connectivity index (χ3n) is 3.00. The first-order chi connectivity index (χ1) is 11.9. The highest BCUT2D eigenvalue weighted by atomic mass is 16.6. The molecule has 0 aliphatic carbocycles. The molecule has 2 heteroatoms. The summed E-state index contributed by atoms with van der Waals surface area (Å²) < 4.78 is 8.94. The van der Waals surface area contributed by atoms with Gasteiger partial charge in [0, 0.05) is 14.2 Å². The molecule has 0 aliphatic rings. The largest absolute Gasteiger partial charge is 0.359 e. The molecule has 24 heavy (non-hydrogen) atoms. The van der Waals surface area contributed by atoms with Gasteiger partial charge in [0.25, 0.3) is 0 Å². The predicted octanol–water partition coefficient (Wildman–Crippen LogP) is 5.20. The molecule has 0 saturated heterocycles. The van der Waals surface area contributed by atoms with E-state index >= 15 is 0 Å². The average molecular weight is 322 g/mol. The fraction of sp³-hybridized carbons (Fsp3) is 0.182. The van der Waals surface area contributed by atoms with Gasteiger partial charge in [-0.25, -0.2) is 0 Å². The van der Waals surface area contributed by atoms with Crippen LogP contribution in [0.5, 0.6) is 0 Å². The van der Waals surface area contributed by atoms with Crippen LogP contribution in [0.1, 0.15) is 11.1 Å². The van der Waals surface area contributed by atoms with Crippen LogP contribution in [0.15, 0.2) is 97.1 Å². The molecule has 0 unspecified atom stereocenters. The second-order valence-electron chi connectivity index (χ2n) is 5.00. The summed E-state index contributed by atoms with van der Waals surface area (Å²) in [5.41, 5.74) is 2.74. The van der Waals surface area contributed by atoms with E-state index in [1.54, 1.807) is 14.2 Å². The maximum absolute atomic E-state index is 4.47. The van der Waals surface area contributed by atoms with Crippen molar-refractivity contribution in [2.75, 3.05) is 21.0 Å². The molecule has 0 amide bonds. The number of ether oxygens (including phenoxy) is 2. The van der Waals surface area contributed by atoms with Crippen LogP contribution in [0.4, 0.5) is 0 Å². The molecule has 126 valence electrons. The van der Waals surface area contributed by atoms with Crippen molar-refractivity contribution < 1.29 is 9.47 Å². The zero-order chi connectivity index (χ0) is 17.3. The molecule has 0 radical (unpaired) electrons. The zero-order valence-corrected chi connectivity index (χ0v) is 14.5. The first kappa shape index (κ1) is 19.6. The van der Waals surface area contributed by atoms with Crippen LogP contribution < -0.4 is 0 Å². The SMILES string of the molecule is COCOC.c1ccc(Cc2ccccc2)cc1.c1ccccc1. The van der Waals surface area contributed by atoms with Gasteiger partial charge in [0.15, 0.2) is 0 Å². The summed E-state index contributed by atoms with van der Waals surface area (Å²) in [7, 11) is 3.17. The molecule has 0 atom stereocenters. The fourth-order valence-corrected chi connectivity index (χ4v) is 1.93. The highest BCUT2D eigenvalue weighted by molar-refractivity contribution is 5.25. The molecule has 0 saturated carbocycles. The quantitative estimate of drug-likeness (QED) is 0.615. The number of rotatable bonds is 4. The van der Waals surface area contributed by atoms with Crippen molar-refractivity contribution in [1.82, 2.24) is 0 Å². The Morgan fingerprint density at radius 3 is 1.04 bits per heavy atom. The zero-order valence-electron chi connectivity index (χ0n) is 14.5. The highest BCUT2D eigenvalue weighted by Crippen LogP contribution is 2.07. The van der Waals surface area contributed by atoms with Gasteiger partial charge >= 0.3 is 0 Å². The lowest BCUT2D eigenvalue weighted by Crippen LogP contribution is -1.87. The summed E-state index contributed by atoms with van der Waals surface area (Å²) in [6.45, 7) is 0.389. The molecule has 0 bridgehead atoms. The Kier molecular flexibility index (Phi) is 11.6. The van der Waals surface area contributed by atoms with Crippen molar-refractivity contribution in [3.8, 4) is 0 Å². The second kappa shape index (κ2) is 14.2. The Morgan fingerprint density at radius 1 is 0.500 bits per heavy atom. The molecular weight excluding hydrogens is 296 g/mol. The standard InChI is InChI=1S/C13H12.C6H6.C3H8O2/c1-3-7-12(8-4-1)11-13-9-5-2-6-10-13;1-2-4-6-5-3-1;1-4-3-5-2/h1-10H,11H2;1-6H;3H2,1-2H3. The van der Waals surface area contributed by atoms with Gasteiger partial charge in [-0.15, -0.1) is 0 Å². The van der Waals surface area contributed by atoms with E-state index in [4.69, 9.17) is 0 Å². The van der Waals surface area contributed by atoms with E-state index in [1.807, 2.05) is 36.4 Å². The predicted molar refractivity (Wildman–Crippen MR) is 101 cm³/mol. The molecule has 0 N–H and O–H groups in total. The lowest BCUT2D eigenvalue weighted by molar-refractivity contribution is -0.00271. The third-order valence-corrected chi connectivity index (χ3v) is 3.00. The van der Waals surface area contributed by atoms with E-state index in [9.17, 15) is 0 Å². The molecule has 0 aromatic heterocycles. The van der Waals surface area contributed by atoms with Gasteiger partial charge in [-0.05, 0) is 17.5 Å². The summed E-state index contributed by atoms with van der Waals surface area (Å²) in [6.07, 6.45) is 1.03. The summed E-state index contributed by atoms with van der Waals surface area (Å²) in [4.78, 5) is 0. The van der Waals surface area contributed by atoms with Crippen LogP contribution in [0.2, 0.25) is 0 Å². The van der Waals surface area contributed by atoms with E-state index in [0.29, 0.717) is 6.79 Å². The van der Waals surface area contributed by atoms with Gasteiger partial charge in [0.2, 0.25) is 0 Å². The van der Waals surface area contributed by atoms with Gasteiger partial charge in [-0.3, -0.25) is 0 Å². The number of benzene rings is 3. The van der Waals surface area contributed by atoms with Gasteiger partial charge in [0.05, 0.1) is 0 Å². The normalized spacial score (nSPS) is 9.08. The summed E-state index contributed by atoms with van der Waals surface area (Å²) in [6, 6.07) is 33.1. The number of hydrogen-bond acceptors (Lipinski definition) is 2. The molecule has 0 spiro atoms. The second-order valence-corrected chi connectivity index (χ2v) is 5.00. The van der Waals surface area contributed by atoms with Crippen molar-refractivity contribution in [2.45, 2.75) is 6.42 Å². The van der Waals surface area contributed by atoms with Gasteiger partial charge in [-0.2, -0.15) is 0 Å². The maximum Gasteiger partial charge on any atom is 0.145 e. The van der Waals surface area contributed by atoms with E-state index < -0.39 is 0 Å². The minimum absolute atomic E-state index is 0.389. The molecule has 0 heterocycles. The Bertz CT molecular complexity index is 528. The summed E-state index contributed by atoms with van der Waals surface area (Å²) in [5, 5.41) is 0. The third kappa shape index (κ3) is 10.3. The van der Waals surface area contributed by atoms with Crippen LogP contribution in [0, 0.1) is 0 Å². The molecule has 3 aromatic carbocycles. The van der Waals surface area contributed by atoms with Crippen LogP contribution in [0.3, 0.4) is 0 Å². The minimum Gasteiger partial charge on any atom is -0.359 e. The molecule has 3 rings (SSSR count). The molecular formula is C22H26O2. The highest BCUT2D eigenvalue weighted by Gasteiger charge is 1.92. The van der Waals surface area contributed by atoms with Gasteiger partial charge in [-0.1, -0.05) is 97.1 Å². The Balaban J connectivity index is 0.000000218. The smallest absolute Gasteiger partial charge is 0.145 e. The fourth-order valence-electron chi connectivity index (χ4n) is 1.93. The average Bonchev–Trinajstić information content (AvgIpc) is 2.67. The van der Waals surface area contributed by atoms with Crippen molar-refractivity contribution in [3.05, 3.63) is 108 Å². The number of methoxy groups -OCH3 is 2. The van der Waals surface area contributed by atoms with Gasteiger partial charge in [0.1, 0.15) is 6.79 Å². The van der Waals surface area contributed by atoms with E-state index in [0.717, 1.165) is 6.42 Å².